The number of rotatable bonds is 5. The van der Waals surface area contributed by atoms with E-state index in [4.69, 9.17) is 11.6 Å². The Hall–Kier alpha value is 0.270. The molecule has 68 valence electrons. The predicted molar refractivity (Wildman–Crippen MR) is 57.6 cm³/mol. The van der Waals surface area contributed by atoms with Crippen molar-refractivity contribution in [2.24, 2.45) is 0 Å². The van der Waals surface area contributed by atoms with Gasteiger partial charge in [-0.1, -0.05) is 18.7 Å². The maximum Gasteiger partial charge on any atom is 0.150 e. The second-order valence-corrected chi connectivity index (χ2v) is 4.93. The van der Waals surface area contributed by atoms with Crippen molar-refractivity contribution < 1.29 is 0 Å². The quantitative estimate of drug-likeness (QED) is 0.429. The number of thioether (sulfide) groups is 1. The van der Waals surface area contributed by atoms with Crippen LogP contribution in [0.15, 0.2) is 9.72 Å². The summed E-state index contributed by atoms with van der Waals surface area (Å²) in [5, 5.41) is 2.13. The summed E-state index contributed by atoms with van der Waals surface area (Å²) in [7, 11) is 0. The molecule has 0 N–H and O–H groups in total. The first-order valence-corrected chi connectivity index (χ1v) is 6.40. The summed E-state index contributed by atoms with van der Waals surface area (Å²) in [5.74, 6) is 1.83. The third-order valence-electron chi connectivity index (χ3n) is 1.40. The Bertz CT molecular complexity index is 225. The lowest BCUT2D eigenvalue weighted by Gasteiger charge is -1.92. The molecule has 0 bridgehead atoms. The summed E-state index contributed by atoms with van der Waals surface area (Å²) in [6.45, 7) is 2.13. The molecule has 0 amide bonds. The van der Waals surface area contributed by atoms with E-state index >= 15 is 0 Å². The second-order valence-electron chi connectivity index (χ2n) is 2.35. The third-order valence-corrected chi connectivity index (χ3v) is 3.82. The van der Waals surface area contributed by atoms with Gasteiger partial charge in [0.2, 0.25) is 0 Å². The van der Waals surface area contributed by atoms with Gasteiger partial charge >= 0.3 is 0 Å². The van der Waals surface area contributed by atoms with Crippen molar-refractivity contribution in [2.75, 3.05) is 11.6 Å². The van der Waals surface area contributed by atoms with E-state index in [1.54, 1.807) is 23.1 Å². The topological polar surface area (TPSA) is 12.9 Å². The summed E-state index contributed by atoms with van der Waals surface area (Å²) >= 11 is 9.11. The number of hydrogen-bond donors (Lipinski definition) is 0. The maximum absolute atomic E-state index is 5.57. The highest BCUT2D eigenvalue weighted by Crippen LogP contribution is 2.23. The molecule has 1 aromatic rings. The normalized spacial score (nSPS) is 10.5. The molecule has 0 aromatic carbocycles. The van der Waals surface area contributed by atoms with Crippen molar-refractivity contribution in [1.29, 1.82) is 0 Å². The van der Waals surface area contributed by atoms with Crippen LogP contribution in [0.4, 0.5) is 0 Å². The Labute approximate surface area is 86.5 Å². The fourth-order valence-electron chi connectivity index (χ4n) is 0.731. The lowest BCUT2D eigenvalue weighted by atomic mass is 10.4. The highest BCUT2D eigenvalue weighted by molar-refractivity contribution is 8.01. The summed E-state index contributed by atoms with van der Waals surface area (Å²) in [4.78, 5) is 4.44. The zero-order chi connectivity index (χ0) is 8.81. The van der Waals surface area contributed by atoms with E-state index < -0.39 is 0 Å². The summed E-state index contributed by atoms with van der Waals surface area (Å²) in [6, 6.07) is 0. The number of aryl methyl sites for hydroxylation is 1. The highest BCUT2D eigenvalue weighted by atomic mass is 35.5. The van der Waals surface area contributed by atoms with Gasteiger partial charge in [0.1, 0.15) is 4.34 Å². The number of alkyl halides is 1. The molecule has 1 heterocycles. The van der Waals surface area contributed by atoms with Gasteiger partial charge in [0.15, 0.2) is 0 Å². The van der Waals surface area contributed by atoms with Gasteiger partial charge in [-0.25, -0.2) is 4.98 Å². The lowest BCUT2D eigenvalue weighted by molar-refractivity contribution is 1.02. The smallest absolute Gasteiger partial charge is 0.150 e. The fraction of sp³-hybridized carbons (Fsp3) is 0.625. The average molecular weight is 222 g/mol. The number of nitrogens with zero attached hydrogens (tertiary/aromatic N) is 1. The molecule has 0 saturated heterocycles. The van der Waals surface area contributed by atoms with E-state index in [0.717, 1.165) is 24.5 Å². The van der Waals surface area contributed by atoms with Crippen LogP contribution < -0.4 is 0 Å². The first kappa shape index (κ1) is 10.4. The molecule has 0 unspecified atom stereocenters. The van der Waals surface area contributed by atoms with Gasteiger partial charge in [0, 0.05) is 17.0 Å². The molecular weight excluding hydrogens is 210 g/mol. The van der Waals surface area contributed by atoms with Crippen LogP contribution in [-0.2, 0) is 6.42 Å². The van der Waals surface area contributed by atoms with Crippen LogP contribution >= 0.6 is 34.7 Å². The Morgan fingerprint density at radius 2 is 2.50 bits per heavy atom. The van der Waals surface area contributed by atoms with Gasteiger partial charge in [0.25, 0.3) is 0 Å². The van der Waals surface area contributed by atoms with Gasteiger partial charge in [0.05, 0.1) is 5.69 Å². The van der Waals surface area contributed by atoms with Crippen LogP contribution in [0.5, 0.6) is 0 Å². The second kappa shape index (κ2) is 5.84. The van der Waals surface area contributed by atoms with E-state index in [1.807, 2.05) is 0 Å². The number of aromatic nitrogens is 1. The van der Waals surface area contributed by atoms with Crippen molar-refractivity contribution in [1.82, 2.24) is 4.98 Å². The molecule has 0 radical (unpaired) electrons. The largest absolute Gasteiger partial charge is 0.235 e. The molecule has 1 rings (SSSR count). The average Bonchev–Trinajstić information content (AvgIpc) is 2.53. The Morgan fingerprint density at radius 1 is 1.67 bits per heavy atom. The molecule has 1 nitrogen and oxygen atoms in total. The van der Waals surface area contributed by atoms with Gasteiger partial charge in [-0.15, -0.1) is 22.9 Å². The lowest BCUT2D eigenvalue weighted by Crippen LogP contribution is -1.81. The minimum absolute atomic E-state index is 0.749. The minimum atomic E-state index is 0.749. The number of halogens is 1. The van der Waals surface area contributed by atoms with E-state index in [2.05, 4.69) is 17.3 Å². The molecule has 4 heteroatoms. The molecule has 0 aliphatic rings. The number of thiazole rings is 1. The van der Waals surface area contributed by atoms with Crippen LogP contribution in [0.2, 0.25) is 0 Å². The molecule has 12 heavy (non-hydrogen) atoms. The first-order valence-electron chi connectivity index (χ1n) is 4.00. The van der Waals surface area contributed by atoms with Gasteiger partial charge in [-0.05, 0) is 12.8 Å². The molecule has 0 fully saturated rings. The van der Waals surface area contributed by atoms with Crippen molar-refractivity contribution in [3.8, 4) is 0 Å². The van der Waals surface area contributed by atoms with Gasteiger partial charge < -0.3 is 0 Å². The van der Waals surface area contributed by atoms with Crippen molar-refractivity contribution in [2.45, 2.75) is 24.1 Å². The van der Waals surface area contributed by atoms with Crippen molar-refractivity contribution in [3.63, 3.8) is 0 Å². The Balaban J connectivity index is 2.31. The Kier molecular flexibility index (Phi) is 5.04. The van der Waals surface area contributed by atoms with Crippen LogP contribution in [-0.4, -0.2) is 16.6 Å². The summed E-state index contributed by atoms with van der Waals surface area (Å²) in [5.41, 5.74) is 1.20. The molecule has 0 atom stereocenters. The fourth-order valence-corrected chi connectivity index (χ4v) is 2.96. The third kappa shape index (κ3) is 3.33. The van der Waals surface area contributed by atoms with Crippen LogP contribution in [0, 0.1) is 0 Å². The van der Waals surface area contributed by atoms with Gasteiger partial charge in [-0.3, -0.25) is 0 Å². The van der Waals surface area contributed by atoms with Gasteiger partial charge in [-0.2, -0.15) is 0 Å². The van der Waals surface area contributed by atoms with Crippen LogP contribution in [0.3, 0.4) is 0 Å². The molecule has 0 saturated carbocycles. The van der Waals surface area contributed by atoms with Crippen molar-refractivity contribution >= 4 is 34.7 Å². The predicted octanol–water partition coefficient (Wildman–Crippen LogP) is 3.43. The molecular formula is C8H12ClNS2. The Morgan fingerprint density at radius 3 is 3.08 bits per heavy atom. The monoisotopic (exact) mass is 221 g/mol. The van der Waals surface area contributed by atoms with Crippen LogP contribution in [0.25, 0.3) is 0 Å². The van der Waals surface area contributed by atoms with E-state index in [-0.39, 0.29) is 0 Å². The van der Waals surface area contributed by atoms with Crippen LogP contribution in [0.1, 0.15) is 19.0 Å². The summed E-state index contributed by atoms with van der Waals surface area (Å²) in [6.07, 6.45) is 2.10. The molecule has 0 spiro atoms. The highest BCUT2D eigenvalue weighted by Gasteiger charge is 1.99. The maximum atomic E-state index is 5.57. The number of hydrogen-bond acceptors (Lipinski definition) is 3. The van der Waals surface area contributed by atoms with Crippen molar-refractivity contribution in [3.05, 3.63) is 11.1 Å². The van der Waals surface area contributed by atoms with E-state index in [1.165, 1.54) is 10.0 Å². The SMILES string of the molecule is CCc1csc(SCCCCl)n1. The van der Waals surface area contributed by atoms with E-state index in [9.17, 15) is 0 Å². The summed E-state index contributed by atoms with van der Waals surface area (Å²) < 4.78 is 1.18. The molecule has 0 aliphatic carbocycles. The zero-order valence-corrected chi connectivity index (χ0v) is 9.44. The standard InChI is InChI=1S/C8H12ClNS2/c1-2-7-6-12-8(10-7)11-5-3-4-9/h6H,2-5H2,1H3. The minimum Gasteiger partial charge on any atom is -0.235 e. The first-order chi connectivity index (χ1) is 5.86. The molecule has 1 aromatic heterocycles. The zero-order valence-electron chi connectivity index (χ0n) is 7.05. The van der Waals surface area contributed by atoms with E-state index in [0.29, 0.717) is 0 Å². The molecule has 0 aliphatic heterocycles.